The van der Waals surface area contributed by atoms with E-state index < -0.39 is 0 Å². The molecule has 0 aromatic heterocycles. The molecule has 0 atom stereocenters. The van der Waals surface area contributed by atoms with E-state index in [4.69, 9.17) is 4.74 Å². The number of likely N-dealkylation sites (N-methyl/N-ethyl adjacent to an activating group) is 1. The summed E-state index contributed by atoms with van der Waals surface area (Å²) < 4.78 is 5.43. The highest BCUT2D eigenvalue weighted by atomic mass is 16.5. The van der Waals surface area contributed by atoms with E-state index in [2.05, 4.69) is 6.92 Å². The first-order valence-corrected chi connectivity index (χ1v) is 5.74. The average molecular weight is 215 g/mol. The van der Waals surface area contributed by atoms with Gasteiger partial charge in [-0.2, -0.15) is 0 Å². The minimum Gasteiger partial charge on any atom is -0.366 e. The number of hydrogen-bond acceptors (Lipinski definition) is 2. The van der Waals surface area contributed by atoms with Gasteiger partial charge in [-0.3, -0.25) is 4.79 Å². The largest absolute Gasteiger partial charge is 0.366 e. The molecule has 1 amide bonds. The Morgan fingerprint density at radius 1 is 1.27 bits per heavy atom. The van der Waals surface area contributed by atoms with Crippen molar-refractivity contribution < 1.29 is 9.53 Å². The fourth-order valence-electron chi connectivity index (χ4n) is 1.11. The topological polar surface area (TPSA) is 29.5 Å². The van der Waals surface area contributed by atoms with Crippen LogP contribution in [0.3, 0.4) is 0 Å². The molecular weight excluding hydrogens is 190 g/mol. The molecule has 0 spiro atoms. The fraction of sp³-hybridized carbons (Fsp3) is 0.917. The normalized spacial score (nSPS) is 11.5. The molecule has 0 aliphatic heterocycles. The summed E-state index contributed by atoms with van der Waals surface area (Å²) in [4.78, 5) is 13.3. The number of hydrogen-bond donors (Lipinski definition) is 0. The van der Waals surface area contributed by atoms with E-state index in [1.165, 1.54) is 12.8 Å². The summed E-state index contributed by atoms with van der Waals surface area (Å²) in [5.74, 6) is 0.0704. The number of unbranched alkanes of at least 4 members (excludes halogenated alkanes) is 2. The highest BCUT2D eigenvalue weighted by Crippen LogP contribution is 2.06. The molecule has 0 bridgehead atoms. The van der Waals surface area contributed by atoms with Crippen LogP contribution in [0.4, 0.5) is 0 Å². The first kappa shape index (κ1) is 14.4. The van der Waals surface area contributed by atoms with Crippen LogP contribution in [-0.4, -0.2) is 36.6 Å². The first-order valence-electron chi connectivity index (χ1n) is 5.74. The molecule has 0 aromatic carbocycles. The highest BCUT2D eigenvalue weighted by Gasteiger charge is 2.15. The van der Waals surface area contributed by atoms with Crippen molar-refractivity contribution in [1.82, 2.24) is 4.90 Å². The summed E-state index contributed by atoms with van der Waals surface area (Å²) in [6.45, 7) is 9.04. The summed E-state index contributed by atoms with van der Waals surface area (Å²) in [6.07, 6.45) is 3.44. The van der Waals surface area contributed by atoms with Crippen molar-refractivity contribution in [3.8, 4) is 0 Å². The Morgan fingerprint density at radius 3 is 2.33 bits per heavy atom. The number of nitrogens with zero attached hydrogens (tertiary/aromatic N) is 1. The number of ether oxygens (including phenoxy) is 1. The lowest BCUT2D eigenvalue weighted by atomic mass is 10.2. The Hall–Kier alpha value is -0.570. The predicted octanol–water partition coefficient (Wildman–Crippen LogP) is 2.45. The molecule has 0 fully saturated rings. The van der Waals surface area contributed by atoms with Crippen LogP contribution in [-0.2, 0) is 9.53 Å². The van der Waals surface area contributed by atoms with E-state index in [1.807, 2.05) is 27.8 Å². The van der Waals surface area contributed by atoms with Gasteiger partial charge in [0, 0.05) is 13.6 Å². The maximum atomic E-state index is 11.6. The number of carbonyl (C=O) groups is 1. The second-order valence-corrected chi connectivity index (χ2v) is 4.92. The molecule has 0 heterocycles. The SMILES string of the molecule is CCCCCN(C)C(=O)COC(C)(C)C. The van der Waals surface area contributed by atoms with Crippen molar-refractivity contribution in [2.24, 2.45) is 0 Å². The average Bonchev–Trinajstić information content (AvgIpc) is 2.13. The van der Waals surface area contributed by atoms with Crippen molar-refractivity contribution in [3.63, 3.8) is 0 Å². The number of carbonyl (C=O) groups excluding carboxylic acids is 1. The second kappa shape index (κ2) is 6.83. The van der Waals surface area contributed by atoms with Crippen molar-refractivity contribution in [3.05, 3.63) is 0 Å². The van der Waals surface area contributed by atoms with Gasteiger partial charge < -0.3 is 9.64 Å². The van der Waals surface area contributed by atoms with E-state index in [0.29, 0.717) is 0 Å². The lowest BCUT2D eigenvalue weighted by molar-refractivity contribution is -0.139. The molecule has 15 heavy (non-hydrogen) atoms. The van der Waals surface area contributed by atoms with E-state index >= 15 is 0 Å². The molecule has 0 N–H and O–H groups in total. The van der Waals surface area contributed by atoms with E-state index in [0.717, 1.165) is 13.0 Å². The maximum Gasteiger partial charge on any atom is 0.248 e. The Bertz CT molecular complexity index is 185. The summed E-state index contributed by atoms with van der Waals surface area (Å²) in [7, 11) is 1.84. The molecule has 0 radical (unpaired) electrons. The Balaban J connectivity index is 3.70. The lowest BCUT2D eigenvalue weighted by Crippen LogP contribution is -2.34. The Labute approximate surface area is 93.8 Å². The second-order valence-electron chi connectivity index (χ2n) is 4.92. The minimum absolute atomic E-state index is 0.0704. The van der Waals surface area contributed by atoms with Crippen molar-refractivity contribution in [1.29, 1.82) is 0 Å². The molecule has 0 rings (SSSR count). The first-order chi connectivity index (χ1) is 6.87. The number of rotatable bonds is 6. The van der Waals surface area contributed by atoms with Crippen molar-refractivity contribution in [2.45, 2.75) is 52.6 Å². The molecule has 0 aliphatic rings. The third-order valence-corrected chi connectivity index (χ3v) is 2.15. The van der Waals surface area contributed by atoms with Crippen LogP contribution in [0.25, 0.3) is 0 Å². The summed E-state index contributed by atoms with van der Waals surface area (Å²) in [6, 6.07) is 0. The van der Waals surface area contributed by atoms with Crippen LogP contribution in [0.2, 0.25) is 0 Å². The van der Waals surface area contributed by atoms with Crippen LogP contribution in [0.15, 0.2) is 0 Å². The van der Waals surface area contributed by atoms with Gasteiger partial charge in [-0.15, -0.1) is 0 Å². The van der Waals surface area contributed by atoms with Crippen LogP contribution in [0, 0.1) is 0 Å². The Kier molecular flexibility index (Phi) is 6.57. The number of amides is 1. The molecular formula is C12H25NO2. The van der Waals surface area contributed by atoms with Crippen LogP contribution in [0.1, 0.15) is 47.0 Å². The zero-order valence-corrected chi connectivity index (χ0v) is 10.8. The highest BCUT2D eigenvalue weighted by molar-refractivity contribution is 5.77. The van der Waals surface area contributed by atoms with Gasteiger partial charge in [0.1, 0.15) is 6.61 Å². The summed E-state index contributed by atoms with van der Waals surface area (Å²) in [5.41, 5.74) is -0.236. The molecule has 0 unspecified atom stereocenters. The van der Waals surface area contributed by atoms with Crippen LogP contribution in [0.5, 0.6) is 0 Å². The van der Waals surface area contributed by atoms with Crippen LogP contribution < -0.4 is 0 Å². The van der Waals surface area contributed by atoms with Crippen LogP contribution >= 0.6 is 0 Å². The standard InChI is InChI=1S/C12H25NO2/c1-6-7-8-9-13(5)11(14)10-15-12(2,3)4/h6-10H2,1-5H3. The molecule has 90 valence electrons. The summed E-state index contributed by atoms with van der Waals surface area (Å²) >= 11 is 0. The smallest absolute Gasteiger partial charge is 0.248 e. The Morgan fingerprint density at radius 2 is 1.87 bits per heavy atom. The quantitative estimate of drug-likeness (QED) is 0.637. The van der Waals surface area contributed by atoms with E-state index in [9.17, 15) is 4.79 Å². The van der Waals surface area contributed by atoms with Crippen molar-refractivity contribution >= 4 is 5.91 Å². The van der Waals surface area contributed by atoms with Gasteiger partial charge in [0.25, 0.3) is 0 Å². The zero-order chi connectivity index (χ0) is 11.9. The van der Waals surface area contributed by atoms with Gasteiger partial charge in [0.2, 0.25) is 5.91 Å². The monoisotopic (exact) mass is 215 g/mol. The fourth-order valence-corrected chi connectivity index (χ4v) is 1.11. The van der Waals surface area contributed by atoms with Gasteiger partial charge in [0.05, 0.1) is 5.60 Å². The summed E-state index contributed by atoms with van der Waals surface area (Å²) in [5, 5.41) is 0. The molecule has 0 aromatic rings. The van der Waals surface area contributed by atoms with Gasteiger partial charge in [-0.05, 0) is 27.2 Å². The lowest BCUT2D eigenvalue weighted by Gasteiger charge is -2.22. The van der Waals surface area contributed by atoms with Gasteiger partial charge in [0.15, 0.2) is 0 Å². The maximum absolute atomic E-state index is 11.6. The molecule has 0 saturated carbocycles. The van der Waals surface area contributed by atoms with Gasteiger partial charge in [-0.1, -0.05) is 19.8 Å². The molecule has 0 saturated heterocycles. The molecule has 3 nitrogen and oxygen atoms in total. The minimum atomic E-state index is -0.236. The van der Waals surface area contributed by atoms with Gasteiger partial charge in [-0.25, -0.2) is 0 Å². The van der Waals surface area contributed by atoms with Crippen molar-refractivity contribution in [2.75, 3.05) is 20.2 Å². The van der Waals surface area contributed by atoms with E-state index in [1.54, 1.807) is 4.90 Å². The predicted molar refractivity (Wildman–Crippen MR) is 62.9 cm³/mol. The van der Waals surface area contributed by atoms with Gasteiger partial charge >= 0.3 is 0 Å². The molecule has 3 heteroatoms. The molecule has 0 aliphatic carbocycles. The third kappa shape index (κ3) is 8.43. The third-order valence-electron chi connectivity index (χ3n) is 2.15. The van der Waals surface area contributed by atoms with E-state index in [-0.39, 0.29) is 18.1 Å². The zero-order valence-electron chi connectivity index (χ0n) is 10.8.